The van der Waals surface area contributed by atoms with E-state index in [1.165, 1.54) is 9.47 Å². The van der Waals surface area contributed by atoms with Gasteiger partial charge in [-0.25, -0.2) is 4.79 Å². The van der Waals surface area contributed by atoms with Crippen molar-refractivity contribution in [2.24, 2.45) is 5.92 Å². The number of H-pyrrole nitrogens is 2. The summed E-state index contributed by atoms with van der Waals surface area (Å²) in [4.78, 5) is 41.8. The van der Waals surface area contributed by atoms with Crippen LogP contribution in [-0.4, -0.2) is 32.2 Å². The third-order valence-corrected chi connectivity index (χ3v) is 4.83. The number of nitrogen functional groups attached to an aromatic ring is 1. The topological polar surface area (TPSA) is 130 Å². The highest BCUT2D eigenvalue weighted by Crippen LogP contribution is 2.22. The van der Waals surface area contributed by atoms with E-state index in [0.29, 0.717) is 25.4 Å². The molecule has 4 N–H and O–H groups in total. The molecule has 0 spiro atoms. The van der Waals surface area contributed by atoms with Gasteiger partial charge in [-0.1, -0.05) is 41.0 Å². The molecule has 0 atom stereocenters. The van der Waals surface area contributed by atoms with Crippen molar-refractivity contribution in [1.82, 2.24) is 19.7 Å². The molecule has 0 aliphatic carbocycles. The number of aromatic nitrogens is 4. The second kappa shape index (κ2) is 9.58. The predicted molar refractivity (Wildman–Crippen MR) is 114 cm³/mol. The monoisotopic (exact) mass is 404 g/mol. The fraction of sp³-hybridized carbons (Fsp3) is 0.600. The number of nitrogens with one attached hydrogen (secondary N) is 2. The van der Waals surface area contributed by atoms with Gasteiger partial charge in [0, 0.05) is 18.8 Å². The number of nitrogens with two attached hydrogens (primary N) is 1. The van der Waals surface area contributed by atoms with Gasteiger partial charge in [-0.3, -0.25) is 29.1 Å². The predicted octanol–water partition coefficient (Wildman–Crippen LogP) is 2.46. The molecule has 0 bridgehead atoms. The van der Waals surface area contributed by atoms with Crippen molar-refractivity contribution >= 4 is 17.4 Å². The first-order valence-corrected chi connectivity index (χ1v) is 10.2. The molecule has 0 radical (unpaired) electrons. The van der Waals surface area contributed by atoms with Crippen LogP contribution < -0.4 is 21.9 Å². The molecule has 0 aliphatic rings. The van der Waals surface area contributed by atoms with Gasteiger partial charge >= 0.3 is 5.69 Å². The highest BCUT2D eigenvalue weighted by atomic mass is 16.2. The summed E-state index contributed by atoms with van der Waals surface area (Å²) in [5.41, 5.74) is 6.02. The Kier molecular flexibility index (Phi) is 7.41. The van der Waals surface area contributed by atoms with Crippen molar-refractivity contribution < 1.29 is 4.79 Å². The minimum atomic E-state index is -0.669. The second-order valence-electron chi connectivity index (χ2n) is 8.00. The van der Waals surface area contributed by atoms with Crippen LogP contribution in [0.25, 0.3) is 0 Å². The van der Waals surface area contributed by atoms with Crippen LogP contribution in [0.15, 0.2) is 15.7 Å². The Bertz CT molecular complexity index is 954. The molecule has 9 heteroatoms. The average molecular weight is 405 g/mol. The van der Waals surface area contributed by atoms with E-state index in [0.717, 1.165) is 18.5 Å². The van der Waals surface area contributed by atoms with Crippen LogP contribution in [-0.2, 0) is 6.54 Å². The zero-order valence-electron chi connectivity index (χ0n) is 17.9. The smallest absolute Gasteiger partial charge is 0.330 e. The maximum atomic E-state index is 13.3. The Morgan fingerprint density at radius 2 is 1.97 bits per heavy atom. The van der Waals surface area contributed by atoms with Gasteiger partial charge in [-0.2, -0.15) is 5.10 Å². The van der Waals surface area contributed by atoms with Crippen LogP contribution in [0.5, 0.6) is 0 Å². The molecular weight excluding hydrogens is 372 g/mol. The van der Waals surface area contributed by atoms with Crippen LogP contribution in [0, 0.1) is 5.92 Å². The molecule has 0 saturated carbocycles. The van der Waals surface area contributed by atoms with E-state index >= 15 is 0 Å². The molecule has 2 rings (SSSR count). The summed E-state index contributed by atoms with van der Waals surface area (Å²) in [6, 6.07) is 1.69. The van der Waals surface area contributed by atoms with E-state index in [4.69, 9.17) is 5.73 Å². The van der Waals surface area contributed by atoms with Crippen LogP contribution in [0.2, 0.25) is 0 Å². The Morgan fingerprint density at radius 3 is 2.52 bits per heavy atom. The van der Waals surface area contributed by atoms with E-state index in [1.807, 2.05) is 34.6 Å². The van der Waals surface area contributed by atoms with E-state index < -0.39 is 17.2 Å². The minimum absolute atomic E-state index is 0.000417. The number of anilines is 2. The van der Waals surface area contributed by atoms with Gasteiger partial charge in [0.25, 0.3) is 11.5 Å². The molecule has 0 fully saturated rings. The van der Waals surface area contributed by atoms with Crippen molar-refractivity contribution in [3.8, 4) is 0 Å². The lowest BCUT2D eigenvalue weighted by molar-refractivity contribution is 0.0980. The number of hydrogen-bond acceptors (Lipinski definition) is 5. The Balaban J connectivity index is 2.55. The Hall–Kier alpha value is -2.84. The Morgan fingerprint density at radius 1 is 1.28 bits per heavy atom. The summed E-state index contributed by atoms with van der Waals surface area (Å²) in [6.45, 7) is 10.7. The molecule has 29 heavy (non-hydrogen) atoms. The Labute approximate surface area is 170 Å². The first-order valence-electron chi connectivity index (χ1n) is 10.2. The molecule has 9 nitrogen and oxygen atoms in total. The number of aromatic amines is 2. The van der Waals surface area contributed by atoms with Crippen LogP contribution >= 0.6 is 0 Å². The SMILES string of the molecule is CCCCn1c(N)c(N(CCC(C)C)C(=O)c2cc(C(C)C)[nH]n2)c(=O)[nH]c1=O. The highest BCUT2D eigenvalue weighted by Gasteiger charge is 2.27. The zero-order valence-corrected chi connectivity index (χ0v) is 17.9. The molecule has 0 aromatic carbocycles. The fourth-order valence-electron chi connectivity index (χ4n) is 2.96. The summed E-state index contributed by atoms with van der Waals surface area (Å²) in [7, 11) is 0. The molecule has 1 amide bonds. The number of carbonyl (C=O) groups is 1. The van der Waals surface area contributed by atoms with Crippen LogP contribution in [0.3, 0.4) is 0 Å². The number of hydrogen-bond donors (Lipinski definition) is 3. The van der Waals surface area contributed by atoms with Gasteiger partial charge < -0.3 is 5.73 Å². The van der Waals surface area contributed by atoms with Crippen molar-refractivity contribution in [1.29, 1.82) is 0 Å². The molecule has 2 aromatic heterocycles. The van der Waals surface area contributed by atoms with Crippen molar-refractivity contribution in [3.63, 3.8) is 0 Å². The zero-order chi connectivity index (χ0) is 21.7. The summed E-state index contributed by atoms with van der Waals surface area (Å²) in [5, 5.41) is 6.99. The third kappa shape index (κ3) is 5.16. The number of rotatable bonds is 9. The third-order valence-electron chi connectivity index (χ3n) is 4.83. The fourth-order valence-corrected chi connectivity index (χ4v) is 2.96. The molecule has 2 heterocycles. The first kappa shape index (κ1) is 22.4. The molecule has 0 aliphatic heterocycles. The van der Waals surface area contributed by atoms with Gasteiger partial charge in [0.15, 0.2) is 11.4 Å². The summed E-state index contributed by atoms with van der Waals surface area (Å²) in [6.07, 6.45) is 2.26. The lowest BCUT2D eigenvalue weighted by atomic mass is 10.1. The maximum Gasteiger partial charge on any atom is 0.330 e. The van der Waals surface area contributed by atoms with E-state index in [2.05, 4.69) is 15.2 Å². The lowest BCUT2D eigenvalue weighted by Gasteiger charge is -2.24. The van der Waals surface area contributed by atoms with E-state index in [-0.39, 0.29) is 23.1 Å². The van der Waals surface area contributed by atoms with Crippen LogP contribution in [0.4, 0.5) is 11.5 Å². The number of unbranched alkanes of at least 4 members (excludes halogenated alkanes) is 1. The summed E-state index contributed by atoms with van der Waals surface area (Å²) >= 11 is 0. The van der Waals surface area contributed by atoms with Crippen molar-refractivity contribution in [3.05, 3.63) is 38.3 Å². The van der Waals surface area contributed by atoms with Gasteiger partial charge in [0.2, 0.25) is 0 Å². The number of carbonyl (C=O) groups excluding carboxylic acids is 1. The minimum Gasteiger partial charge on any atom is -0.383 e. The number of nitrogens with zero attached hydrogens (tertiary/aromatic N) is 3. The second-order valence-corrected chi connectivity index (χ2v) is 8.00. The lowest BCUT2D eigenvalue weighted by Crippen LogP contribution is -2.42. The quantitative estimate of drug-likeness (QED) is 0.591. The summed E-state index contributed by atoms with van der Waals surface area (Å²) in [5.74, 6) is 0.0650. The van der Waals surface area contributed by atoms with Gasteiger partial charge in [0.05, 0.1) is 0 Å². The van der Waals surface area contributed by atoms with Crippen LogP contribution in [0.1, 0.15) is 76.0 Å². The first-order chi connectivity index (χ1) is 13.7. The molecule has 2 aromatic rings. The standard InChI is InChI=1S/C20H32N6O3/c1-6-7-9-26-17(21)16(18(27)22-20(26)29)25(10-8-12(2)3)19(28)15-11-14(13(4)5)23-24-15/h11-13H,6-10,21H2,1-5H3,(H,23,24)(H,22,27,29). The largest absolute Gasteiger partial charge is 0.383 e. The van der Waals surface area contributed by atoms with E-state index in [9.17, 15) is 14.4 Å². The van der Waals surface area contributed by atoms with Gasteiger partial charge in [0.1, 0.15) is 5.82 Å². The van der Waals surface area contributed by atoms with Crippen molar-refractivity contribution in [2.75, 3.05) is 17.2 Å². The maximum absolute atomic E-state index is 13.3. The average Bonchev–Trinajstić information content (AvgIpc) is 3.13. The normalized spacial score (nSPS) is 11.4. The van der Waals surface area contributed by atoms with Gasteiger partial charge in [-0.05, 0) is 30.7 Å². The number of amides is 1. The molecular formula is C20H32N6O3. The van der Waals surface area contributed by atoms with Gasteiger partial charge in [-0.15, -0.1) is 0 Å². The van der Waals surface area contributed by atoms with E-state index in [1.54, 1.807) is 6.07 Å². The molecule has 160 valence electrons. The summed E-state index contributed by atoms with van der Waals surface area (Å²) < 4.78 is 1.32. The highest BCUT2D eigenvalue weighted by molar-refractivity contribution is 6.06. The van der Waals surface area contributed by atoms with Crippen molar-refractivity contribution in [2.45, 2.75) is 66.3 Å². The molecule has 0 unspecified atom stereocenters. The molecule has 0 saturated heterocycles.